The lowest BCUT2D eigenvalue weighted by molar-refractivity contribution is -0.116. The van der Waals surface area contributed by atoms with Gasteiger partial charge in [-0.3, -0.25) is 9.69 Å². The molecule has 3 heteroatoms. The van der Waals surface area contributed by atoms with E-state index in [0.717, 1.165) is 32.6 Å². The van der Waals surface area contributed by atoms with Gasteiger partial charge in [-0.2, -0.15) is 0 Å². The Morgan fingerprint density at radius 2 is 2.23 bits per heavy atom. The summed E-state index contributed by atoms with van der Waals surface area (Å²) in [5, 5.41) is 3.30. The molecule has 1 fully saturated rings. The van der Waals surface area contributed by atoms with Gasteiger partial charge in [0.05, 0.1) is 6.54 Å². The van der Waals surface area contributed by atoms with Crippen molar-refractivity contribution >= 4 is 5.78 Å². The molecule has 0 spiro atoms. The second-order valence-corrected chi connectivity index (χ2v) is 3.58. The van der Waals surface area contributed by atoms with E-state index in [1.54, 1.807) is 6.92 Å². The number of carbonyl (C=O) groups excluding carboxylic acids is 1. The molecule has 0 amide bonds. The molecule has 1 heterocycles. The molecular formula is C10H18N2O. The molecular weight excluding hydrogens is 164 g/mol. The standard InChI is InChI=1S/C10H18N2O/c1-9(2)10(13)8-12-6-3-4-11-5-7-12/h11H,1,3-8H2,2H3. The Bertz CT molecular complexity index is 193. The molecule has 0 saturated carbocycles. The molecule has 3 nitrogen and oxygen atoms in total. The predicted octanol–water partition coefficient (Wildman–Crippen LogP) is 0.427. The molecule has 0 aromatic carbocycles. The Morgan fingerprint density at radius 1 is 1.46 bits per heavy atom. The van der Waals surface area contributed by atoms with Crippen LogP contribution in [0.3, 0.4) is 0 Å². The number of rotatable bonds is 3. The number of ketones is 1. The van der Waals surface area contributed by atoms with E-state index >= 15 is 0 Å². The molecule has 1 N–H and O–H groups in total. The highest BCUT2D eigenvalue weighted by molar-refractivity contribution is 5.95. The van der Waals surface area contributed by atoms with E-state index in [4.69, 9.17) is 0 Å². The molecule has 0 aliphatic carbocycles. The molecule has 1 aliphatic rings. The lowest BCUT2D eigenvalue weighted by Gasteiger charge is -2.17. The summed E-state index contributed by atoms with van der Waals surface area (Å²) in [7, 11) is 0. The van der Waals surface area contributed by atoms with Crippen molar-refractivity contribution in [1.29, 1.82) is 0 Å². The van der Waals surface area contributed by atoms with Crippen molar-refractivity contribution in [2.24, 2.45) is 0 Å². The molecule has 0 aromatic rings. The number of hydrogen-bond donors (Lipinski definition) is 1. The fourth-order valence-electron chi connectivity index (χ4n) is 1.40. The average molecular weight is 182 g/mol. The van der Waals surface area contributed by atoms with Crippen LogP contribution in [0.5, 0.6) is 0 Å². The monoisotopic (exact) mass is 182 g/mol. The molecule has 0 bridgehead atoms. The summed E-state index contributed by atoms with van der Waals surface area (Å²) in [6.07, 6.45) is 1.13. The van der Waals surface area contributed by atoms with E-state index in [0.29, 0.717) is 12.1 Å². The lowest BCUT2D eigenvalue weighted by atomic mass is 10.2. The van der Waals surface area contributed by atoms with Gasteiger partial charge < -0.3 is 5.32 Å². The maximum Gasteiger partial charge on any atom is 0.171 e. The topological polar surface area (TPSA) is 32.3 Å². The zero-order chi connectivity index (χ0) is 9.68. The van der Waals surface area contributed by atoms with E-state index < -0.39 is 0 Å². The first-order valence-corrected chi connectivity index (χ1v) is 4.82. The Hall–Kier alpha value is -0.670. The van der Waals surface area contributed by atoms with Crippen LogP contribution in [0.1, 0.15) is 13.3 Å². The van der Waals surface area contributed by atoms with Gasteiger partial charge in [0.1, 0.15) is 0 Å². The van der Waals surface area contributed by atoms with Gasteiger partial charge in [-0.05, 0) is 32.0 Å². The molecule has 0 radical (unpaired) electrons. The quantitative estimate of drug-likeness (QED) is 0.642. The molecule has 1 aliphatic heterocycles. The summed E-state index contributed by atoms with van der Waals surface area (Å²) in [6.45, 7) is 10.0. The molecule has 13 heavy (non-hydrogen) atoms. The normalized spacial score (nSPS) is 19.5. The van der Waals surface area contributed by atoms with Crippen LogP contribution in [-0.2, 0) is 4.79 Å². The van der Waals surface area contributed by atoms with Gasteiger partial charge in [-0.25, -0.2) is 0 Å². The Balaban J connectivity index is 2.33. The van der Waals surface area contributed by atoms with Crippen LogP contribution in [0.4, 0.5) is 0 Å². The van der Waals surface area contributed by atoms with E-state index in [9.17, 15) is 4.79 Å². The Morgan fingerprint density at radius 3 is 2.92 bits per heavy atom. The summed E-state index contributed by atoms with van der Waals surface area (Å²) in [4.78, 5) is 13.6. The minimum absolute atomic E-state index is 0.168. The van der Waals surface area contributed by atoms with Crippen LogP contribution < -0.4 is 5.32 Å². The smallest absolute Gasteiger partial charge is 0.171 e. The van der Waals surface area contributed by atoms with E-state index in [1.807, 2.05) is 0 Å². The highest BCUT2D eigenvalue weighted by atomic mass is 16.1. The summed E-state index contributed by atoms with van der Waals surface area (Å²) < 4.78 is 0. The molecule has 1 rings (SSSR count). The predicted molar refractivity (Wildman–Crippen MR) is 53.7 cm³/mol. The van der Waals surface area contributed by atoms with Crippen LogP contribution in [0.2, 0.25) is 0 Å². The van der Waals surface area contributed by atoms with Crippen LogP contribution in [-0.4, -0.2) is 43.4 Å². The third kappa shape index (κ3) is 3.70. The van der Waals surface area contributed by atoms with Gasteiger partial charge in [0.25, 0.3) is 0 Å². The highest BCUT2D eigenvalue weighted by Gasteiger charge is 2.12. The minimum atomic E-state index is 0.168. The highest BCUT2D eigenvalue weighted by Crippen LogP contribution is 1.98. The summed E-state index contributed by atoms with van der Waals surface area (Å²) in [6, 6.07) is 0. The molecule has 0 aromatic heterocycles. The molecule has 1 saturated heterocycles. The van der Waals surface area contributed by atoms with Crippen molar-refractivity contribution < 1.29 is 4.79 Å². The van der Waals surface area contributed by atoms with Crippen molar-refractivity contribution in [3.63, 3.8) is 0 Å². The maximum absolute atomic E-state index is 11.4. The second-order valence-electron chi connectivity index (χ2n) is 3.58. The van der Waals surface area contributed by atoms with Crippen molar-refractivity contribution in [2.45, 2.75) is 13.3 Å². The van der Waals surface area contributed by atoms with Crippen molar-refractivity contribution in [3.8, 4) is 0 Å². The van der Waals surface area contributed by atoms with Gasteiger partial charge in [0.15, 0.2) is 5.78 Å². The number of nitrogens with zero attached hydrogens (tertiary/aromatic N) is 1. The van der Waals surface area contributed by atoms with Gasteiger partial charge in [-0.15, -0.1) is 0 Å². The molecule has 0 atom stereocenters. The van der Waals surface area contributed by atoms with Crippen molar-refractivity contribution in [1.82, 2.24) is 10.2 Å². The zero-order valence-electron chi connectivity index (χ0n) is 8.31. The van der Waals surface area contributed by atoms with Crippen molar-refractivity contribution in [2.75, 3.05) is 32.7 Å². The first-order chi connectivity index (χ1) is 6.20. The summed E-state index contributed by atoms with van der Waals surface area (Å²) in [5.41, 5.74) is 0.664. The van der Waals surface area contributed by atoms with Crippen LogP contribution >= 0.6 is 0 Å². The molecule has 0 unspecified atom stereocenters. The third-order valence-corrected chi connectivity index (χ3v) is 2.28. The Labute approximate surface area is 79.8 Å². The zero-order valence-corrected chi connectivity index (χ0v) is 8.31. The second kappa shape index (κ2) is 5.14. The fraction of sp³-hybridized carbons (Fsp3) is 0.700. The van der Waals surface area contributed by atoms with Gasteiger partial charge in [0.2, 0.25) is 0 Å². The first kappa shape index (κ1) is 10.4. The van der Waals surface area contributed by atoms with Gasteiger partial charge in [-0.1, -0.05) is 6.58 Å². The number of carbonyl (C=O) groups is 1. The van der Waals surface area contributed by atoms with Gasteiger partial charge >= 0.3 is 0 Å². The summed E-state index contributed by atoms with van der Waals surface area (Å²) in [5.74, 6) is 0.168. The SMILES string of the molecule is C=C(C)C(=O)CN1CCCNCC1. The van der Waals surface area contributed by atoms with Crippen LogP contribution in [0.25, 0.3) is 0 Å². The van der Waals surface area contributed by atoms with Gasteiger partial charge in [0, 0.05) is 13.1 Å². The van der Waals surface area contributed by atoms with Crippen LogP contribution in [0, 0.1) is 0 Å². The fourth-order valence-corrected chi connectivity index (χ4v) is 1.40. The average Bonchev–Trinajstić information content (AvgIpc) is 2.32. The molecule has 74 valence electrons. The van der Waals surface area contributed by atoms with Crippen LogP contribution in [0.15, 0.2) is 12.2 Å². The minimum Gasteiger partial charge on any atom is -0.315 e. The van der Waals surface area contributed by atoms with E-state index in [-0.39, 0.29) is 5.78 Å². The van der Waals surface area contributed by atoms with E-state index in [2.05, 4.69) is 16.8 Å². The van der Waals surface area contributed by atoms with E-state index in [1.165, 1.54) is 0 Å². The van der Waals surface area contributed by atoms with Crippen molar-refractivity contribution in [3.05, 3.63) is 12.2 Å². The largest absolute Gasteiger partial charge is 0.315 e. The lowest BCUT2D eigenvalue weighted by Crippen LogP contribution is -2.33. The Kier molecular flexibility index (Phi) is 4.12. The first-order valence-electron chi connectivity index (χ1n) is 4.82. The maximum atomic E-state index is 11.4. The number of Topliss-reactive ketones (excluding diaryl/α,β-unsaturated/α-hetero) is 1. The number of nitrogens with one attached hydrogen (secondary N) is 1. The number of hydrogen-bond acceptors (Lipinski definition) is 3. The summed E-state index contributed by atoms with van der Waals surface area (Å²) >= 11 is 0. The third-order valence-electron chi connectivity index (χ3n) is 2.28.